The Hall–Kier alpha value is -0.740. The maximum atomic E-state index is 12.8. The molecule has 0 radical (unpaired) electrons. The number of hydrogen-bond acceptors (Lipinski definition) is 3. The zero-order valence-electron chi connectivity index (χ0n) is 12.1. The van der Waals surface area contributed by atoms with Crippen LogP contribution in [-0.2, 0) is 5.41 Å². The van der Waals surface area contributed by atoms with Crippen LogP contribution in [0.25, 0.3) is 0 Å². The van der Waals surface area contributed by atoms with Crippen LogP contribution in [0, 0.1) is 3.57 Å². The van der Waals surface area contributed by atoms with Gasteiger partial charge in [-0.05, 0) is 47.1 Å². The highest BCUT2D eigenvalue weighted by molar-refractivity contribution is 14.1. The van der Waals surface area contributed by atoms with Gasteiger partial charge >= 0.3 is 6.18 Å². The van der Waals surface area contributed by atoms with Crippen molar-refractivity contribution in [3.05, 3.63) is 39.7 Å². The van der Waals surface area contributed by atoms with E-state index in [0.717, 1.165) is 9.13 Å². The van der Waals surface area contributed by atoms with Crippen molar-refractivity contribution in [2.45, 2.75) is 36.5 Å². The second kappa shape index (κ2) is 5.96. The van der Waals surface area contributed by atoms with Gasteiger partial charge in [0.15, 0.2) is 0 Å². The Labute approximate surface area is 151 Å². The van der Waals surface area contributed by atoms with Crippen LogP contribution in [0.1, 0.15) is 18.4 Å². The van der Waals surface area contributed by atoms with E-state index in [1.54, 1.807) is 12.4 Å². The first-order chi connectivity index (χ1) is 10.7. The molecule has 3 atom stereocenters. The van der Waals surface area contributed by atoms with Crippen molar-refractivity contribution >= 4 is 39.8 Å². The van der Waals surface area contributed by atoms with E-state index in [2.05, 4.69) is 27.6 Å². The molecule has 1 aromatic rings. The van der Waals surface area contributed by atoms with E-state index in [0.29, 0.717) is 17.8 Å². The topological polar surface area (TPSA) is 42.1 Å². The number of pyridine rings is 1. The molecule has 3 nitrogen and oxygen atoms in total. The Bertz CT molecular complexity index is 646. The van der Waals surface area contributed by atoms with Crippen molar-refractivity contribution in [1.29, 1.82) is 0 Å². The Morgan fingerprint density at radius 1 is 1.35 bits per heavy atom. The van der Waals surface area contributed by atoms with Gasteiger partial charge in [0.2, 0.25) is 0 Å². The summed E-state index contributed by atoms with van der Waals surface area (Å²) in [5.41, 5.74) is 6.33. The third-order valence-corrected chi connectivity index (χ3v) is 5.59. The largest absolute Gasteiger partial charge is 0.401 e. The summed E-state index contributed by atoms with van der Waals surface area (Å²) in [4.78, 5) is 6.01. The Balaban J connectivity index is 1.94. The molecule has 1 saturated heterocycles. The normalized spacial score (nSPS) is 30.6. The summed E-state index contributed by atoms with van der Waals surface area (Å²) in [7, 11) is 0. The number of nitrogens with two attached hydrogens (primary N) is 1. The van der Waals surface area contributed by atoms with E-state index in [-0.39, 0.29) is 12.1 Å². The molecule has 2 N–H and O–H groups in total. The molecule has 1 aromatic heterocycles. The number of fused-ring (bicyclic) bond motifs is 2. The lowest BCUT2D eigenvalue weighted by Gasteiger charge is -2.46. The molecule has 0 spiro atoms. The van der Waals surface area contributed by atoms with Crippen LogP contribution in [0.2, 0.25) is 0 Å². The number of hydrogen-bond donors (Lipinski definition) is 1. The van der Waals surface area contributed by atoms with Gasteiger partial charge in [-0.1, -0.05) is 24.4 Å². The van der Waals surface area contributed by atoms with Crippen LogP contribution in [0.4, 0.5) is 13.2 Å². The van der Waals surface area contributed by atoms with Gasteiger partial charge in [0.05, 0.1) is 16.9 Å². The SMILES string of the molecule is NC(=S)[C@@]1(c2cncc(I)c2)C[C@H]2C=C[C@@H](C1)N2CC(F)(F)F. The second-order valence-electron chi connectivity index (χ2n) is 6.05. The van der Waals surface area contributed by atoms with E-state index in [4.69, 9.17) is 18.0 Å². The van der Waals surface area contributed by atoms with E-state index in [9.17, 15) is 13.2 Å². The third-order valence-electron chi connectivity index (χ3n) is 4.61. The Kier molecular flexibility index (Phi) is 4.43. The van der Waals surface area contributed by atoms with Crippen molar-refractivity contribution in [2.24, 2.45) is 5.73 Å². The maximum absolute atomic E-state index is 12.8. The second-order valence-corrected chi connectivity index (χ2v) is 7.74. The number of rotatable bonds is 3. The molecule has 3 rings (SSSR count). The Morgan fingerprint density at radius 3 is 2.43 bits per heavy atom. The predicted molar refractivity (Wildman–Crippen MR) is 94.1 cm³/mol. The summed E-state index contributed by atoms with van der Waals surface area (Å²) in [5, 5.41) is 0. The number of nitrogens with zero attached hydrogens (tertiary/aromatic N) is 2. The van der Waals surface area contributed by atoms with Crippen molar-refractivity contribution < 1.29 is 13.2 Å². The van der Waals surface area contributed by atoms with Crippen molar-refractivity contribution in [1.82, 2.24) is 9.88 Å². The van der Waals surface area contributed by atoms with Gasteiger partial charge in [-0.3, -0.25) is 9.88 Å². The van der Waals surface area contributed by atoms with E-state index in [1.807, 2.05) is 18.2 Å². The average molecular weight is 453 g/mol. The van der Waals surface area contributed by atoms with Crippen LogP contribution in [-0.4, -0.2) is 39.7 Å². The highest BCUT2D eigenvalue weighted by Crippen LogP contribution is 2.45. The average Bonchev–Trinajstić information content (AvgIpc) is 2.69. The zero-order valence-corrected chi connectivity index (χ0v) is 15.0. The van der Waals surface area contributed by atoms with Crippen molar-refractivity contribution in [3.8, 4) is 0 Å². The standard InChI is InChI=1S/C15H15F3IN3S/c16-15(17,18)8-22-11-1-2-12(22)5-14(4-11,13(20)23)9-3-10(19)7-21-6-9/h1-3,6-7,11-12H,4-5,8H2,(H2,20,23)/t11-,12+,14+. The van der Waals surface area contributed by atoms with Gasteiger partial charge in [0, 0.05) is 28.0 Å². The molecule has 0 aliphatic carbocycles. The minimum atomic E-state index is -4.21. The molecule has 3 heterocycles. The van der Waals surface area contributed by atoms with E-state index in [1.165, 1.54) is 4.90 Å². The van der Waals surface area contributed by atoms with Crippen LogP contribution in [0.3, 0.4) is 0 Å². The fraction of sp³-hybridized carbons (Fsp3) is 0.467. The summed E-state index contributed by atoms with van der Waals surface area (Å²) in [6.07, 6.45) is 3.83. The number of halogens is 4. The highest BCUT2D eigenvalue weighted by Gasteiger charge is 2.51. The molecule has 0 unspecified atom stereocenters. The first kappa shape index (κ1) is 17.1. The summed E-state index contributed by atoms with van der Waals surface area (Å²) >= 11 is 7.47. The smallest absolute Gasteiger partial charge is 0.393 e. The quantitative estimate of drug-likeness (QED) is 0.434. The van der Waals surface area contributed by atoms with Gasteiger partial charge in [-0.25, -0.2) is 0 Å². The first-order valence-corrected chi connectivity index (χ1v) is 8.62. The molecule has 124 valence electrons. The molecular formula is C15H15F3IN3S. The van der Waals surface area contributed by atoms with Crippen LogP contribution >= 0.6 is 34.8 Å². The lowest BCUT2D eigenvalue weighted by atomic mass is 9.70. The summed E-state index contributed by atoms with van der Waals surface area (Å²) in [5.74, 6) is 0. The van der Waals surface area contributed by atoms with Gasteiger partial charge in [-0.2, -0.15) is 13.2 Å². The lowest BCUT2D eigenvalue weighted by Crippen LogP contribution is -2.56. The predicted octanol–water partition coefficient (Wildman–Crippen LogP) is 3.18. The molecule has 0 amide bonds. The van der Waals surface area contributed by atoms with E-state index < -0.39 is 18.1 Å². The molecule has 0 aromatic carbocycles. The van der Waals surface area contributed by atoms with Crippen LogP contribution in [0.5, 0.6) is 0 Å². The zero-order chi connectivity index (χ0) is 16.8. The summed E-state index contributed by atoms with van der Waals surface area (Å²) in [6, 6.07) is 1.34. The molecule has 23 heavy (non-hydrogen) atoms. The molecule has 8 heteroatoms. The monoisotopic (exact) mass is 453 g/mol. The maximum Gasteiger partial charge on any atom is 0.401 e. The van der Waals surface area contributed by atoms with E-state index >= 15 is 0 Å². The minimum Gasteiger partial charge on any atom is -0.393 e. The van der Waals surface area contributed by atoms with Crippen molar-refractivity contribution in [2.75, 3.05) is 6.54 Å². The molecule has 0 saturated carbocycles. The fourth-order valence-corrected chi connectivity index (χ4v) is 4.37. The number of alkyl halides is 3. The molecule has 2 bridgehead atoms. The van der Waals surface area contributed by atoms with Gasteiger partial charge in [0.1, 0.15) is 0 Å². The lowest BCUT2D eigenvalue weighted by molar-refractivity contribution is -0.154. The number of aromatic nitrogens is 1. The molecule has 2 aliphatic rings. The third kappa shape index (κ3) is 3.25. The highest BCUT2D eigenvalue weighted by atomic mass is 127. The summed E-state index contributed by atoms with van der Waals surface area (Å²) in [6.45, 7) is -0.909. The molecular weight excluding hydrogens is 438 g/mol. The van der Waals surface area contributed by atoms with Gasteiger partial charge in [-0.15, -0.1) is 0 Å². The van der Waals surface area contributed by atoms with Crippen LogP contribution < -0.4 is 5.73 Å². The number of thiocarbonyl (C=S) groups is 1. The number of piperidine rings is 1. The molecule has 1 fully saturated rings. The van der Waals surface area contributed by atoms with Crippen LogP contribution in [0.15, 0.2) is 30.6 Å². The van der Waals surface area contributed by atoms with Gasteiger partial charge < -0.3 is 5.73 Å². The summed E-state index contributed by atoms with van der Waals surface area (Å²) < 4.78 is 39.4. The van der Waals surface area contributed by atoms with Gasteiger partial charge in [0.25, 0.3) is 0 Å². The Morgan fingerprint density at radius 2 is 1.96 bits per heavy atom. The van der Waals surface area contributed by atoms with Crippen molar-refractivity contribution in [3.63, 3.8) is 0 Å². The first-order valence-electron chi connectivity index (χ1n) is 7.13. The molecule has 2 aliphatic heterocycles. The fourth-order valence-electron chi connectivity index (χ4n) is 3.59. The minimum absolute atomic E-state index is 0.310.